The van der Waals surface area contributed by atoms with Gasteiger partial charge in [-0.2, -0.15) is 5.10 Å². The van der Waals surface area contributed by atoms with Crippen molar-refractivity contribution >= 4 is 17.5 Å². The molecule has 1 aromatic heterocycles. The highest BCUT2D eigenvalue weighted by Crippen LogP contribution is 2.19. The minimum absolute atomic E-state index is 0.00263. The van der Waals surface area contributed by atoms with E-state index in [0.717, 1.165) is 37.2 Å². The van der Waals surface area contributed by atoms with Crippen molar-refractivity contribution < 1.29 is 9.59 Å². The van der Waals surface area contributed by atoms with E-state index in [9.17, 15) is 9.59 Å². The molecule has 1 fully saturated rings. The number of likely N-dealkylation sites (tertiary alicyclic amines) is 1. The molecular weight excluding hydrogens is 294 g/mol. The molecule has 1 aliphatic heterocycles. The SMILES string of the molecule is CC(=O)NCCC1CCCCN1CC(=O)Nc1cnn(C)c1C. The molecule has 0 bridgehead atoms. The molecule has 2 N–H and O–H groups in total. The molecule has 0 aromatic carbocycles. The van der Waals surface area contributed by atoms with Gasteiger partial charge in [-0.15, -0.1) is 0 Å². The van der Waals surface area contributed by atoms with Gasteiger partial charge in [-0.3, -0.25) is 19.2 Å². The Bertz CT molecular complexity index is 555. The summed E-state index contributed by atoms with van der Waals surface area (Å²) in [6, 6.07) is 0.358. The molecule has 2 heterocycles. The Labute approximate surface area is 137 Å². The monoisotopic (exact) mass is 321 g/mol. The molecule has 1 saturated heterocycles. The molecule has 1 unspecified atom stereocenters. The predicted molar refractivity (Wildman–Crippen MR) is 89.1 cm³/mol. The summed E-state index contributed by atoms with van der Waals surface area (Å²) in [5.74, 6) is -0.00955. The number of hydrogen-bond acceptors (Lipinski definition) is 4. The van der Waals surface area contributed by atoms with Crippen LogP contribution in [0.4, 0.5) is 5.69 Å². The first kappa shape index (κ1) is 17.5. The van der Waals surface area contributed by atoms with Crippen LogP contribution in [0.5, 0.6) is 0 Å². The Kier molecular flexibility index (Phi) is 6.15. The minimum Gasteiger partial charge on any atom is -0.356 e. The third-order valence-electron chi connectivity index (χ3n) is 4.46. The van der Waals surface area contributed by atoms with Crippen LogP contribution in [0.1, 0.15) is 38.3 Å². The number of amides is 2. The number of anilines is 1. The summed E-state index contributed by atoms with van der Waals surface area (Å²) >= 11 is 0. The van der Waals surface area contributed by atoms with Crippen LogP contribution in [-0.2, 0) is 16.6 Å². The summed E-state index contributed by atoms with van der Waals surface area (Å²) in [6.45, 7) is 5.45. The summed E-state index contributed by atoms with van der Waals surface area (Å²) < 4.78 is 1.74. The standard InChI is InChI=1S/C16H27N5O2/c1-12-15(10-18-20(12)3)19-16(23)11-21-9-5-4-6-14(21)7-8-17-13(2)22/h10,14H,4-9,11H2,1-3H3,(H,17,22)(H,19,23). The smallest absolute Gasteiger partial charge is 0.238 e. The van der Waals surface area contributed by atoms with E-state index >= 15 is 0 Å². The van der Waals surface area contributed by atoms with Crippen LogP contribution in [0.3, 0.4) is 0 Å². The van der Waals surface area contributed by atoms with Crippen molar-refractivity contribution in [3.8, 4) is 0 Å². The molecule has 1 aromatic rings. The van der Waals surface area contributed by atoms with Crippen LogP contribution in [0, 0.1) is 6.92 Å². The van der Waals surface area contributed by atoms with Gasteiger partial charge in [-0.25, -0.2) is 0 Å². The zero-order chi connectivity index (χ0) is 16.8. The van der Waals surface area contributed by atoms with E-state index in [-0.39, 0.29) is 11.8 Å². The lowest BCUT2D eigenvalue weighted by molar-refractivity contribution is -0.120. The molecule has 23 heavy (non-hydrogen) atoms. The van der Waals surface area contributed by atoms with Crippen molar-refractivity contribution in [3.63, 3.8) is 0 Å². The average Bonchev–Trinajstić information content (AvgIpc) is 2.80. The molecule has 128 valence electrons. The maximum Gasteiger partial charge on any atom is 0.238 e. The highest BCUT2D eigenvalue weighted by Gasteiger charge is 2.24. The van der Waals surface area contributed by atoms with Gasteiger partial charge in [0.05, 0.1) is 24.1 Å². The van der Waals surface area contributed by atoms with Crippen LogP contribution in [0.25, 0.3) is 0 Å². The summed E-state index contributed by atoms with van der Waals surface area (Å²) in [7, 11) is 1.85. The molecule has 0 spiro atoms. The molecule has 2 amide bonds. The first-order chi connectivity index (χ1) is 11.0. The summed E-state index contributed by atoms with van der Waals surface area (Å²) in [5.41, 5.74) is 1.71. The maximum atomic E-state index is 12.3. The second-order valence-electron chi connectivity index (χ2n) is 6.21. The van der Waals surface area contributed by atoms with Crippen LogP contribution in [-0.4, -0.2) is 52.2 Å². The van der Waals surface area contributed by atoms with Crippen molar-refractivity contribution in [2.75, 3.05) is 25.0 Å². The lowest BCUT2D eigenvalue weighted by Gasteiger charge is -2.35. The molecule has 7 heteroatoms. The summed E-state index contributed by atoms with van der Waals surface area (Å²) in [5, 5.41) is 9.92. The molecule has 0 aliphatic carbocycles. The fourth-order valence-corrected chi connectivity index (χ4v) is 3.01. The average molecular weight is 321 g/mol. The third kappa shape index (κ3) is 5.06. The second kappa shape index (κ2) is 8.10. The second-order valence-corrected chi connectivity index (χ2v) is 6.21. The fraction of sp³-hybridized carbons (Fsp3) is 0.688. The molecule has 0 saturated carbocycles. The zero-order valence-corrected chi connectivity index (χ0v) is 14.3. The van der Waals surface area contributed by atoms with Crippen LogP contribution in [0.15, 0.2) is 6.20 Å². The third-order valence-corrected chi connectivity index (χ3v) is 4.46. The maximum absolute atomic E-state index is 12.3. The molecule has 1 atom stereocenters. The van der Waals surface area contributed by atoms with Crippen molar-refractivity contribution in [2.45, 2.75) is 45.6 Å². The minimum atomic E-state index is -0.00692. The Hall–Kier alpha value is -1.89. The summed E-state index contributed by atoms with van der Waals surface area (Å²) in [4.78, 5) is 25.5. The van der Waals surface area contributed by atoms with Gasteiger partial charge in [0.2, 0.25) is 11.8 Å². The summed E-state index contributed by atoms with van der Waals surface area (Å²) in [6.07, 6.45) is 5.95. The number of nitrogens with one attached hydrogen (secondary N) is 2. The van der Waals surface area contributed by atoms with Gasteiger partial charge in [0, 0.05) is 26.6 Å². The fourth-order valence-electron chi connectivity index (χ4n) is 3.01. The lowest BCUT2D eigenvalue weighted by Crippen LogP contribution is -2.45. The van der Waals surface area contributed by atoms with Gasteiger partial charge in [-0.1, -0.05) is 6.42 Å². The lowest BCUT2D eigenvalue weighted by atomic mass is 9.99. The number of hydrogen-bond donors (Lipinski definition) is 2. The van der Waals surface area contributed by atoms with Gasteiger partial charge < -0.3 is 10.6 Å². The number of carbonyl (C=O) groups is 2. The predicted octanol–water partition coefficient (Wildman–Crippen LogP) is 1.05. The van der Waals surface area contributed by atoms with Crippen molar-refractivity contribution in [1.29, 1.82) is 0 Å². The molecule has 2 rings (SSSR count). The van der Waals surface area contributed by atoms with Crippen molar-refractivity contribution in [1.82, 2.24) is 20.0 Å². The number of carbonyl (C=O) groups excluding carboxylic acids is 2. The number of nitrogens with zero attached hydrogens (tertiary/aromatic N) is 3. The van der Waals surface area contributed by atoms with E-state index in [1.165, 1.54) is 13.3 Å². The molecule has 0 radical (unpaired) electrons. The first-order valence-corrected chi connectivity index (χ1v) is 8.24. The van der Waals surface area contributed by atoms with E-state index in [4.69, 9.17) is 0 Å². The molecular formula is C16H27N5O2. The van der Waals surface area contributed by atoms with Gasteiger partial charge >= 0.3 is 0 Å². The number of rotatable bonds is 6. The van der Waals surface area contributed by atoms with Crippen LogP contribution in [0.2, 0.25) is 0 Å². The highest BCUT2D eigenvalue weighted by molar-refractivity contribution is 5.92. The zero-order valence-electron chi connectivity index (χ0n) is 14.3. The Morgan fingerprint density at radius 3 is 2.83 bits per heavy atom. The number of aryl methyl sites for hydroxylation is 1. The van der Waals surface area contributed by atoms with Crippen molar-refractivity contribution in [3.05, 3.63) is 11.9 Å². The number of piperidine rings is 1. The molecule has 7 nitrogen and oxygen atoms in total. The van der Waals surface area contributed by atoms with E-state index in [0.29, 0.717) is 19.1 Å². The quantitative estimate of drug-likeness (QED) is 0.821. The van der Waals surface area contributed by atoms with E-state index in [2.05, 4.69) is 20.6 Å². The first-order valence-electron chi connectivity index (χ1n) is 8.24. The van der Waals surface area contributed by atoms with Gasteiger partial charge in [0.15, 0.2) is 0 Å². The van der Waals surface area contributed by atoms with Gasteiger partial charge in [0.1, 0.15) is 0 Å². The topological polar surface area (TPSA) is 79.3 Å². The van der Waals surface area contributed by atoms with Crippen molar-refractivity contribution in [2.24, 2.45) is 7.05 Å². The molecule has 1 aliphatic rings. The normalized spacial score (nSPS) is 18.7. The largest absolute Gasteiger partial charge is 0.356 e. The van der Waals surface area contributed by atoms with E-state index in [1.807, 2.05) is 14.0 Å². The number of aromatic nitrogens is 2. The van der Waals surface area contributed by atoms with Crippen LogP contribution >= 0.6 is 0 Å². The van der Waals surface area contributed by atoms with Gasteiger partial charge in [-0.05, 0) is 32.7 Å². The van der Waals surface area contributed by atoms with Gasteiger partial charge in [0.25, 0.3) is 0 Å². The van der Waals surface area contributed by atoms with E-state index < -0.39 is 0 Å². The Morgan fingerprint density at radius 2 is 2.17 bits per heavy atom. The highest BCUT2D eigenvalue weighted by atomic mass is 16.2. The Morgan fingerprint density at radius 1 is 1.39 bits per heavy atom. The van der Waals surface area contributed by atoms with E-state index in [1.54, 1.807) is 10.9 Å². The Balaban J connectivity index is 1.86. The van der Waals surface area contributed by atoms with Crippen LogP contribution < -0.4 is 10.6 Å².